The second kappa shape index (κ2) is 7.69. The number of carbonyl (C=O) groups excluding carboxylic acids is 1. The summed E-state index contributed by atoms with van der Waals surface area (Å²) in [4.78, 5) is 13.8. The van der Waals surface area contributed by atoms with Gasteiger partial charge in [-0.25, -0.2) is 0 Å². The van der Waals surface area contributed by atoms with Crippen LogP contribution in [-0.4, -0.2) is 29.9 Å². The van der Waals surface area contributed by atoms with Crippen LogP contribution in [0.15, 0.2) is 0 Å². The van der Waals surface area contributed by atoms with Crippen molar-refractivity contribution in [2.45, 2.75) is 53.0 Å². The topological polar surface area (TPSA) is 46.3 Å². The first kappa shape index (κ1) is 14.4. The van der Waals surface area contributed by atoms with Crippen LogP contribution in [0.4, 0.5) is 0 Å². The highest BCUT2D eigenvalue weighted by atomic mass is 16.2. The Balaban J connectivity index is 4.20. The van der Waals surface area contributed by atoms with Crippen molar-refractivity contribution in [3.63, 3.8) is 0 Å². The summed E-state index contributed by atoms with van der Waals surface area (Å²) < 4.78 is 0. The summed E-state index contributed by atoms with van der Waals surface area (Å²) in [6, 6.07) is -0.306. The lowest BCUT2D eigenvalue weighted by Gasteiger charge is -2.26. The molecular formula is C12H26N2O. The van der Waals surface area contributed by atoms with Gasteiger partial charge in [-0.15, -0.1) is 0 Å². The molecule has 90 valence electrons. The molecule has 0 heterocycles. The number of nitrogens with two attached hydrogens (primary N) is 1. The Kier molecular flexibility index (Phi) is 7.39. The third-order valence-corrected chi connectivity index (χ3v) is 2.84. The average Bonchev–Trinajstić information content (AvgIpc) is 2.24. The first-order valence-electron chi connectivity index (χ1n) is 6.11. The molecular weight excluding hydrogens is 188 g/mol. The fraction of sp³-hybridized carbons (Fsp3) is 0.917. The molecule has 2 N–H and O–H groups in total. The molecule has 0 saturated carbocycles. The summed E-state index contributed by atoms with van der Waals surface area (Å²) in [5, 5.41) is 0. The predicted octanol–water partition coefficient (Wildman–Crippen LogP) is 2.01. The number of likely N-dealkylation sites (N-methyl/N-ethyl adjacent to an activating group) is 1. The van der Waals surface area contributed by atoms with Crippen molar-refractivity contribution in [1.29, 1.82) is 0 Å². The second-order valence-electron chi connectivity index (χ2n) is 4.29. The smallest absolute Gasteiger partial charge is 0.239 e. The molecule has 2 atom stereocenters. The third kappa shape index (κ3) is 5.17. The number of hydrogen-bond donors (Lipinski definition) is 1. The van der Waals surface area contributed by atoms with Crippen molar-refractivity contribution in [2.75, 3.05) is 13.1 Å². The van der Waals surface area contributed by atoms with E-state index in [9.17, 15) is 4.79 Å². The van der Waals surface area contributed by atoms with Crippen LogP contribution in [-0.2, 0) is 4.79 Å². The van der Waals surface area contributed by atoms with Gasteiger partial charge in [-0.2, -0.15) is 0 Å². The van der Waals surface area contributed by atoms with E-state index in [4.69, 9.17) is 5.73 Å². The maximum absolute atomic E-state index is 11.9. The Bertz CT molecular complexity index is 182. The monoisotopic (exact) mass is 214 g/mol. The Hall–Kier alpha value is -0.570. The Labute approximate surface area is 94.0 Å². The largest absolute Gasteiger partial charge is 0.341 e. The van der Waals surface area contributed by atoms with E-state index >= 15 is 0 Å². The molecule has 1 unspecified atom stereocenters. The molecule has 0 radical (unpaired) electrons. The summed E-state index contributed by atoms with van der Waals surface area (Å²) in [6.07, 6.45) is 2.86. The number of amides is 1. The van der Waals surface area contributed by atoms with E-state index in [1.807, 2.05) is 11.8 Å². The van der Waals surface area contributed by atoms with Gasteiger partial charge in [0.25, 0.3) is 0 Å². The summed E-state index contributed by atoms with van der Waals surface area (Å²) in [5.74, 6) is 0.669. The van der Waals surface area contributed by atoms with Gasteiger partial charge in [-0.1, -0.05) is 33.6 Å². The van der Waals surface area contributed by atoms with Crippen LogP contribution < -0.4 is 5.73 Å². The lowest BCUT2D eigenvalue weighted by molar-refractivity contribution is -0.133. The molecule has 0 aromatic rings. The molecule has 0 rings (SSSR count). The lowest BCUT2D eigenvalue weighted by Crippen LogP contribution is -2.45. The first-order chi connectivity index (χ1) is 7.06. The highest BCUT2D eigenvalue weighted by Crippen LogP contribution is 2.07. The average molecular weight is 214 g/mol. The Morgan fingerprint density at radius 1 is 1.33 bits per heavy atom. The number of hydrogen-bond acceptors (Lipinski definition) is 2. The molecule has 0 aliphatic rings. The predicted molar refractivity (Wildman–Crippen MR) is 64.6 cm³/mol. The quantitative estimate of drug-likeness (QED) is 0.704. The molecule has 0 aliphatic heterocycles. The highest BCUT2D eigenvalue weighted by Gasteiger charge is 2.19. The third-order valence-electron chi connectivity index (χ3n) is 2.84. The summed E-state index contributed by atoms with van der Waals surface area (Å²) in [6.45, 7) is 9.98. The van der Waals surface area contributed by atoms with E-state index in [-0.39, 0.29) is 11.9 Å². The zero-order chi connectivity index (χ0) is 11.8. The number of carbonyl (C=O) groups is 1. The van der Waals surface area contributed by atoms with Crippen molar-refractivity contribution in [1.82, 2.24) is 4.90 Å². The van der Waals surface area contributed by atoms with E-state index in [1.165, 1.54) is 0 Å². The SMILES string of the molecule is CCC[C@@H](N)C(=O)N(CC)CC(C)CC. The molecule has 0 aromatic heterocycles. The van der Waals surface area contributed by atoms with E-state index < -0.39 is 0 Å². The second-order valence-corrected chi connectivity index (χ2v) is 4.29. The van der Waals surface area contributed by atoms with E-state index in [0.29, 0.717) is 5.92 Å². The van der Waals surface area contributed by atoms with Crippen molar-refractivity contribution >= 4 is 5.91 Å². The molecule has 0 aromatic carbocycles. The molecule has 3 heteroatoms. The van der Waals surface area contributed by atoms with Gasteiger partial charge in [-0.3, -0.25) is 4.79 Å². The molecule has 15 heavy (non-hydrogen) atoms. The first-order valence-corrected chi connectivity index (χ1v) is 6.11. The van der Waals surface area contributed by atoms with Gasteiger partial charge in [0, 0.05) is 13.1 Å². The minimum Gasteiger partial charge on any atom is -0.341 e. The van der Waals surface area contributed by atoms with Crippen LogP contribution >= 0.6 is 0 Å². The van der Waals surface area contributed by atoms with Crippen LogP contribution in [0, 0.1) is 5.92 Å². The fourth-order valence-electron chi connectivity index (χ4n) is 1.55. The molecule has 0 bridgehead atoms. The number of nitrogens with zero attached hydrogens (tertiary/aromatic N) is 1. The van der Waals surface area contributed by atoms with Gasteiger partial charge in [0.1, 0.15) is 0 Å². The Morgan fingerprint density at radius 2 is 1.93 bits per heavy atom. The van der Waals surface area contributed by atoms with Crippen LogP contribution in [0.5, 0.6) is 0 Å². The van der Waals surface area contributed by atoms with Crippen LogP contribution in [0.2, 0.25) is 0 Å². The van der Waals surface area contributed by atoms with Crippen LogP contribution in [0.1, 0.15) is 47.0 Å². The Morgan fingerprint density at radius 3 is 2.33 bits per heavy atom. The van der Waals surface area contributed by atoms with Gasteiger partial charge in [0.05, 0.1) is 6.04 Å². The van der Waals surface area contributed by atoms with Gasteiger partial charge in [0.2, 0.25) is 5.91 Å². The van der Waals surface area contributed by atoms with E-state index in [0.717, 1.165) is 32.4 Å². The standard InChI is InChI=1S/C12H26N2O/c1-5-8-11(13)12(15)14(7-3)9-10(4)6-2/h10-11H,5-9,13H2,1-4H3/t10?,11-/m1/s1. The van der Waals surface area contributed by atoms with Crippen LogP contribution in [0.25, 0.3) is 0 Å². The minimum atomic E-state index is -0.306. The van der Waals surface area contributed by atoms with Gasteiger partial charge in [0.15, 0.2) is 0 Å². The van der Waals surface area contributed by atoms with Crippen molar-refractivity contribution in [3.8, 4) is 0 Å². The maximum atomic E-state index is 11.9. The zero-order valence-corrected chi connectivity index (χ0v) is 10.6. The van der Waals surface area contributed by atoms with E-state index in [2.05, 4.69) is 20.8 Å². The zero-order valence-electron chi connectivity index (χ0n) is 10.6. The molecule has 0 spiro atoms. The van der Waals surface area contributed by atoms with Crippen molar-refractivity contribution in [3.05, 3.63) is 0 Å². The van der Waals surface area contributed by atoms with E-state index in [1.54, 1.807) is 0 Å². The van der Waals surface area contributed by atoms with Crippen molar-refractivity contribution < 1.29 is 4.79 Å². The molecule has 0 fully saturated rings. The summed E-state index contributed by atoms with van der Waals surface area (Å²) in [7, 11) is 0. The fourth-order valence-corrected chi connectivity index (χ4v) is 1.55. The van der Waals surface area contributed by atoms with Crippen LogP contribution in [0.3, 0.4) is 0 Å². The summed E-state index contributed by atoms with van der Waals surface area (Å²) in [5.41, 5.74) is 5.83. The lowest BCUT2D eigenvalue weighted by atomic mass is 10.1. The maximum Gasteiger partial charge on any atom is 0.239 e. The molecule has 0 saturated heterocycles. The van der Waals surface area contributed by atoms with Gasteiger partial charge >= 0.3 is 0 Å². The highest BCUT2D eigenvalue weighted by molar-refractivity contribution is 5.81. The molecule has 0 aliphatic carbocycles. The molecule has 1 amide bonds. The minimum absolute atomic E-state index is 0.111. The van der Waals surface area contributed by atoms with Gasteiger partial charge in [-0.05, 0) is 19.3 Å². The van der Waals surface area contributed by atoms with Gasteiger partial charge < -0.3 is 10.6 Å². The molecule has 3 nitrogen and oxygen atoms in total. The van der Waals surface area contributed by atoms with Crippen molar-refractivity contribution in [2.24, 2.45) is 11.7 Å². The summed E-state index contributed by atoms with van der Waals surface area (Å²) >= 11 is 0. The number of rotatable bonds is 7. The normalized spacial score (nSPS) is 14.7.